The van der Waals surface area contributed by atoms with E-state index in [1.165, 1.54) is 32.2 Å². The van der Waals surface area contributed by atoms with Gasteiger partial charge in [-0.3, -0.25) is 4.90 Å². The number of fused-ring (bicyclic) bond motifs is 1. The van der Waals surface area contributed by atoms with Gasteiger partial charge in [0.05, 0.1) is 18.8 Å². The number of hydrogen-bond donors (Lipinski definition) is 1. The molecule has 0 bridgehead atoms. The Hall–Kier alpha value is -0.160. The molecule has 3 atom stereocenters. The van der Waals surface area contributed by atoms with E-state index in [2.05, 4.69) is 10.2 Å². The van der Waals surface area contributed by atoms with Gasteiger partial charge in [-0.05, 0) is 32.2 Å². The highest BCUT2D eigenvalue weighted by molar-refractivity contribution is 4.86. The fourth-order valence-corrected chi connectivity index (χ4v) is 3.22. The minimum absolute atomic E-state index is 0.380. The molecular formula is C13H24N2O2. The first kappa shape index (κ1) is 11.9. The second-order valence-corrected chi connectivity index (χ2v) is 5.54. The first-order valence-electron chi connectivity index (χ1n) is 7.10. The summed E-state index contributed by atoms with van der Waals surface area (Å²) in [6, 6.07) is 0.712. The summed E-state index contributed by atoms with van der Waals surface area (Å²) in [5, 5.41) is 3.50. The zero-order valence-corrected chi connectivity index (χ0v) is 10.6. The summed E-state index contributed by atoms with van der Waals surface area (Å²) >= 11 is 0. The lowest BCUT2D eigenvalue weighted by Gasteiger charge is -2.35. The molecule has 0 aliphatic carbocycles. The molecule has 0 aromatic carbocycles. The first-order chi connectivity index (χ1) is 8.42. The molecule has 0 aromatic rings. The maximum absolute atomic E-state index is 5.91. The summed E-state index contributed by atoms with van der Waals surface area (Å²) in [5.74, 6) is 0. The van der Waals surface area contributed by atoms with Gasteiger partial charge in [0.25, 0.3) is 0 Å². The van der Waals surface area contributed by atoms with E-state index in [9.17, 15) is 0 Å². The molecule has 3 aliphatic rings. The van der Waals surface area contributed by atoms with E-state index in [-0.39, 0.29) is 0 Å². The van der Waals surface area contributed by atoms with Gasteiger partial charge in [0.1, 0.15) is 0 Å². The minimum Gasteiger partial charge on any atom is -0.377 e. The Morgan fingerprint density at radius 1 is 1.06 bits per heavy atom. The molecule has 0 amide bonds. The zero-order chi connectivity index (χ0) is 11.5. The maximum atomic E-state index is 5.91. The summed E-state index contributed by atoms with van der Waals surface area (Å²) in [7, 11) is 0. The number of hydrogen-bond acceptors (Lipinski definition) is 4. The van der Waals surface area contributed by atoms with Crippen LogP contribution in [0.5, 0.6) is 0 Å². The number of rotatable bonds is 4. The largest absolute Gasteiger partial charge is 0.377 e. The molecule has 3 fully saturated rings. The van der Waals surface area contributed by atoms with Crippen LogP contribution < -0.4 is 5.32 Å². The van der Waals surface area contributed by atoms with Crippen LogP contribution in [-0.2, 0) is 9.47 Å². The highest BCUT2D eigenvalue weighted by Crippen LogP contribution is 2.22. The Kier molecular flexibility index (Phi) is 3.96. The van der Waals surface area contributed by atoms with Crippen molar-refractivity contribution < 1.29 is 9.47 Å². The van der Waals surface area contributed by atoms with Gasteiger partial charge in [-0.15, -0.1) is 0 Å². The van der Waals surface area contributed by atoms with E-state index in [1.54, 1.807) is 0 Å². The van der Waals surface area contributed by atoms with Crippen LogP contribution in [0, 0.1) is 0 Å². The minimum atomic E-state index is 0.380. The summed E-state index contributed by atoms with van der Waals surface area (Å²) in [5.41, 5.74) is 0. The second-order valence-electron chi connectivity index (χ2n) is 5.54. The molecule has 3 aliphatic heterocycles. The molecule has 3 unspecified atom stereocenters. The van der Waals surface area contributed by atoms with Crippen LogP contribution in [0.3, 0.4) is 0 Å². The van der Waals surface area contributed by atoms with Crippen LogP contribution in [0.15, 0.2) is 0 Å². The molecule has 98 valence electrons. The van der Waals surface area contributed by atoms with Crippen molar-refractivity contribution in [3.8, 4) is 0 Å². The molecule has 4 nitrogen and oxygen atoms in total. The third-order valence-electron chi connectivity index (χ3n) is 4.23. The first-order valence-corrected chi connectivity index (χ1v) is 7.10. The lowest BCUT2D eigenvalue weighted by molar-refractivity contribution is -0.0478. The Balaban J connectivity index is 1.34. The molecule has 4 heteroatoms. The van der Waals surface area contributed by atoms with Crippen molar-refractivity contribution in [2.75, 3.05) is 39.4 Å². The topological polar surface area (TPSA) is 33.7 Å². The molecule has 1 N–H and O–H groups in total. The normalized spacial score (nSPS) is 38.5. The van der Waals surface area contributed by atoms with Crippen molar-refractivity contribution in [2.24, 2.45) is 0 Å². The highest BCUT2D eigenvalue weighted by atomic mass is 16.5. The van der Waals surface area contributed by atoms with Gasteiger partial charge in [0.15, 0.2) is 0 Å². The second kappa shape index (κ2) is 5.65. The lowest BCUT2D eigenvalue weighted by atomic mass is 10.2. The molecule has 3 saturated heterocycles. The zero-order valence-electron chi connectivity index (χ0n) is 10.6. The monoisotopic (exact) mass is 240 g/mol. The van der Waals surface area contributed by atoms with Gasteiger partial charge in [-0.2, -0.15) is 0 Å². The molecule has 3 heterocycles. The van der Waals surface area contributed by atoms with Crippen molar-refractivity contribution in [3.63, 3.8) is 0 Å². The van der Waals surface area contributed by atoms with Crippen molar-refractivity contribution in [1.29, 1.82) is 0 Å². The van der Waals surface area contributed by atoms with Crippen LogP contribution in [-0.4, -0.2) is 62.5 Å². The van der Waals surface area contributed by atoms with Crippen molar-refractivity contribution >= 4 is 0 Å². The molecule has 0 aromatic heterocycles. The van der Waals surface area contributed by atoms with Crippen molar-refractivity contribution in [2.45, 2.75) is 43.9 Å². The molecule has 0 saturated carbocycles. The Morgan fingerprint density at radius 2 is 2.00 bits per heavy atom. The van der Waals surface area contributed by atoms with Crippen LogP contribution in [0.4, 0.5) is 0 Å². The predicted octanol–water partition coefficient (Wildman–Crippen LogP) is 0.618. The van der Waals surface area contributed by atoms with Crippen molar-refractivity contribution in [1.82, 2.24) is 10.2 Å². The van der Waals surface area contributed by atoms with E-state index in [0.717, 1.165) is 32.8 Å². The third kappa shape index (κ3) is 2.99. The molecule has 17 heavy (non-hydrogen) atoms. The summed E-state index contributed by atoms with van der Waals surface area (Å²) in [6.45, 7) is 6.24. The summed E-state index contributed by atoms with van der Waals surface area (Å²) < 4.78 is 11.5. The van der Waals surface area contributed by atoms with Crippen LogP contribution >= 0.6 is 0 Å². The lowest BCUT2D eigenvalue weighted by Crippen LogP contribution is -2.49. The highest BCUT2D eigenvalue weighted by Gasteiger charge is 2.31. The quantitative estimate of drug-likeness (QED) is 0.781. The van der Waals surface area contributed by atoms with Crippen molar-refractivity contribution in [3.05, 3.63) is 0 Å². The van der Waals surface area contributed by atoms with Gasteiger partial charge in [0.2, 0.25) is 0 Å². The fourth-order valence-electron chi connectivity index (χ4n) is 3.22. The van der Waals surface area contributed by atoms with E-state index >= 15 is 0 Å². The maximum Gasteiger partial charge on any atom is 0.0827 e. The average Bonchev–Trinajstić information content (AvgIpc) is 2.98. The summed E-state index contributed by atoms with van der Waals surface area (Å²) in [6.07, 6.45) is 5.94. The number of nitrogens with one attached hydrogen (secondary N) is 1. The molecule has 0 spiro atoms. The number of morpholine rings is 1. The van der Waals surface area contributed by atoms with Gasteiger partial charge < -0.3 is 14.8 Å². The van der Waals surface area contributed by atoms with Gasteiger partial charge in [-0.1, -0.05) is 0 Å². The Bertz CT molecular complexity index is 244. The SMILES string of the molecule is C1COC(CNCC2CN3CCCC3CO2)C1. The van der Waals surface area contributed by atoms with E-state index in [1.807, 2.05) is 0 Å². The summed E-state index contributed by atoms with van der Waals surface area (Å²) in [4.78, 5) is 2.60. The molecule has 0 radical (unpaired) electrons. The average molecular weight is 240 g/mol. The predicted molar refractivity (Wildman–Crippen MR) is 66.2 cm³/mol. The van der Waals surface area contributed by atoms with Gasteiger partial charge in [0, 0.05) is 32.3 Å². The van der Waals surface area contributed by atoms with Crippen LogP contribution in [0.2, 0.25) is 0 Å². The van der Waals surface area contributed by atoms with Gasteiger partial charge in [-0.25, -0.2) is 0 Å². The van der Waals surface area contributed by atoms with E-state index < -0.39 is 0 Å². The van der Waals surface area contributed by atoms with E-state index in [4.69, 9.17) is 9.47 Å². The molecule has 3 rings (SSSR count). The fraction of sp³-hybridized carbons (Fsp3) is 1.00. The van der Waals surface area contributed by atoms with Gasteiger partial charge >= 0.3 is 0 Å². The Morgan fingerprint density at radius 3 is 2.88 bits per heavy atom. The number of nitrogens with zero attached hydrogens (tertiary/aromatic N) is 1. The Labute approximate surface area is 104 Å². The third-order valence-corrected chi connectivity index (χ3v) is 4.23. The number of ether oxygens (including phenoxy) is 2. The van der Waals surface area contributed by atoms with Crippen LogP contribution in [0.25, 0.3) is 0 Å². The van der Waals surface area contributed by atoms with Crippen LogP contribution in [0.1, 0.15) is 25.7 Å². The molecular weight excluding hydrogens is 216 g/mol. The van der Waals surface area contributed by atoms with E-state index in [0.29, 0.717) is 18.2 Å². The smallest absolute Gasteiger partial charge is 0.0827 e. The standard InChI is InChI=1S/C13H24N2O2/c1-3-11-10-17-13(9-15(11)5-1)8-14-7-12-4-2-6-16-12/h11-14H,1-10H2.